The molecule has 0 fully saturated rings. The summed E-state index contributed by atoms with van der Waals surface area (Å²) in [5, 5.41) is 11.2. The van der Waals surface area contributed by atoms with Crippen LogP contribution >= 0.6 is 23.2 Å². The number of hydrogen-bond acceptors (Lipinski definition) is 4. The molecule has 8 heteroatoms. The summed E-state index contributed by atoms with van der Waals surface area (Å²) in [4.78, 5) is 16.4. The zero-order chi connectivity index (χ0) is 18.0. The molecule has 3 aromatic rings. The maximum atomic E-state index is 13.2. The first-order valence-corrected chi connectivity index (χ1v) is 8.10. The van der Waals surface area contributed by atoms with Crippen LogP contribution < -0.4 is 10.3 Å². The van der Waals surface area contributed by atoms with Gasteiger partial charge in [0.2, 0.25) is 0 Å². The largest absolute Gasteiger partial charge is 0.489 e. The van der Waals surface area contributed by atoms with Gasteiger partial charge in [-0.05, 0) is 30.3 Å². The molecule has 130 valence electrons. The minimum atomic E-state index is -0.968. The summed E-state index contributed by atoms with van der Waals surface area (Å²) in [5.41, 5.74) is -0.103. The normalized spacial score (nSPS) is 12.3. The number of aliphatic hydroxyl groups is 1. The van der Waals surface area contributed by atoms with E-state index in [1.165, 1.54) is 35.2 Å². The molecule has 3 rings (SSSR count). The second-order valence-corrected chi connectivity index (χ2v) is 6.25. The third-order valence-corrected chi connectivity index (χ3v) is 4.05. The number of rotatable bonds is 5. The molecule has 2 aromatic carbocycles. The standard InChI is InChI=1S/C17H13Cl2FN2O3/c18-10-1-4-16(14(19)5-10)25-8-12(23)7-22-9-21-15-6-11(20)2-3-13(15)17(22)24/h1-6,9,12,23H,7-8H2/t12-/m1/s1. The van der Waals surface area contributed by atoms with Crippen molar-refractivity contribution < 1.29 is 14.2 Å². The predicted octanol–water partition coefficient (Wildman–Crippen LogP) is 3.28. The summed E-state index contributed by atoms with van der Waals surface area (Å²) in [5.74, 6) is -0.0880. The third-order valence-electron chi connectivity index (χ3n) is 3.52. The summed E-state index contributed by atoms with van der Waals surface area (Å²) in [6, 6.07) is 8.48. The topological polar surface area (TPSA) is 64.4 Å². The van der Waals surface area contributed by atoms with Crippen LogP contribution in [0.15, 0.2) is 47.5 Å². The Morgan fingerprint density at radius 2 is 2.04 bits per heavy atom. The van der Waals surface area contributed by atoms with Crippen molar-refractivity contribution in [1.29, 1.82) is 0 Å². The lowest BCUT2D eigenvalue weighted by Crippen LogP contribution is -2.30. The van der Waals surface area contributed by atoms with E-state index in [4.69, 9.17) is 27.9 Å². The number of fused-ring (bicyclic) bond motifs is 1. The molecule has 1 N–H and O–H groups in total. The molecule has 0 amide bonds. The Morgan fingerprint density at radius 3 is 2.80 bits per heavy atom. The number of benzene rings is 2. The molecular formula is C17H13Cl2FN2O3. The molecule has 25 heavy (non-hydrogen) atoms. The van der Waals surface area contributed by atoms with Crippen molar-refractivity contribution in [2.75, 3.05) is 6.61 Å². The highest BCUT2D eigenvalue weighted by Gasteiger charge is 2.12. The Hall–Kier alpha value is -2.15. The monoisotopic (exact) mass is 382 g/mol. The van der Waals surface area contributed by atoms with Crippen molar-refractivity contribution in [1.82, 2.24) is 9.55 Å². The molecule has 0 aliphatic rings. The molecule has 0 bridgehead atoms. The van der Waals surface area contributed by atoms with E-state index in [1.54, 1.807) is 12.1 Å². The fourth-order valence-corrected chi connectivity index (χ4v) is 2.78. The van der Waals surface area contributed by atoms with Crippen molar-refractivity contribution in [2.24, 2.45) is 0 Å². The van der Waals surface area contributed by atoms with E-state index < -0.39 is 11.9 Å². The summed E-state index contributed by atoms with van der Waals surface area (Å²) < 4.78 is 19.9. The Morgan fingerprint density at radius 1 is 1.24 bits per heavy atom. The Kier molecular flexibility index (Phi) is 5.22. The SMILES string of the molecule is O=c1c2ccc(F)cc2ncn1C[C@@H](O)COc1ccc(Cl)cc1Cl. The lowest BCUT2D eigenvalue weighted by molar-refractivity contribution is 0.0915. The van der Waals surface area contributed by atoms with E-state index >= 15 is 0 Å². The summed E-state index contributed by atoms with van der Waals surface area (Å²) in [6.45, 7) is -0.0976. The van der Waals surface area contributed by atoms with Gasteiger partial charge in [-0.3, -0.25) is 9.36 Å². The Balaban J connectivity index is 1.71. The highest BCUT2D eigenvalue weighted by Crippen LogP contribution is 2.27. The molecule has 0 spiro atoms. The molecule has 1 atom stereocenters. The van der Waals surface area contributed by atoms with Crippen molar-refractivity contribution in [3.8, 4) is 5.75 Å². The second kappa shape index (κ2) is 7.39. The highest BCUT2D eigenvalue weighted by molar-refractivity contribution is 6.35. The smallest absolute Gasteiger partial charge is 0.261 e. The van der Waals surface area contributed by atoms with Gasteiger partial charge in [0.25, 0.3) is 5.56 Å². The number of halogens is 3. The van der Waals surface area contributed by atoms with E-state index in [0.29, 0.717) is 15.8 Å². The van der Waals surface area contributed by atoms with Crippen LogP contribution in [0.25, 0.3) is 10.9 Å². The number of nitrogens with zero attached hydrogens (tertiary/aromatic N) is 2. The van der Waals surface area contributed by atoms with Gasteiger partial charge in [-0.15, -0.1) is 0 Å². The molecule has 0 saturated heterocycles. The first-order valence-electron chi connectivity index (χ1n) is 7.34. The molecule has 0 saturated carbocycles. The van der Waals surface area contributed by atoms with E-state index in [9.17, 15) is 14.3 Å². The lowest BCUT2D eigenvalue weighted by Gasteiger charge is -2.15. The first-order chi connectivity index (χ1) is 11.9. The summed E-state index contributed by atoms with van der Waals surface area (Å²) in [6.07, 6.45) is 0.298. The van der Waals surface area contributed by atoms with Gasteiger partial charge < -0.3 is 9.84 Å². The van der Waals surface area contributed by atoms with Gasteiger partial charge in [-0.1, -0.05) is 23.2 Å². The summed E-state index contributed by atoms with van der Waals surface area (Å²) in [7, 11) is 0. The molecule has 1 heterocycles. The highest BCUT2D eigenvalue weighted by atomic mass is 35.5. The van der Waals surface area contributed by atoms with Crippen LogP contribution in [0.5, 0.6) is 5.75 Å². The van der Waals surface area contributed by atoms with E-state index in [0.717, 1.165) is 0 Å². The maximum Gasteiger partial charge on any atom is 0.261 e. The average molecular weight is 383 g/mol. The van der Waals surface area contributed by atoms with E-state index in [1.807, 2.05) is 0 Å². The van der Waals surface area contributed by atoms with Crippen LogP contribution in [-0.4, -0.2) is 27.4 Å². The fourth-order valence-electron chi connectivity index (χ4n) is 2.32. The van der Waals surface area contributed by atoms with Gasteiger partial charge in [-0.2, -0.15) is 0 Å². The van der Waals surface area contributed by atoms with Crippen LogP contribution in [0, 0.1) is 5.82 Å². The number of aromatic nitrogens is 2. The maximum absolute atomic E-state index is 13.2. The number of aliphatic hydroxyl groups excluding tert-OH is 1. The molecule has 0 aliphatic carbocycles. The van der Waals surface area contributed by atoms with Gasteiger partial charge >= 0.3 is 0 Å². The minimum Gasteiger partial charge on any atom is -0.489 e. The first kappa shape index (κ1) is 17.7. The van der Waals surface area contributed by atoms with Crippen LogP contribution in [0.4, 0.5) is 4.39 Å². The van der Waals surface area contributed by atoms with Gasteiger partial charge in [0.1, 0.15) is 24.3 Å². The number of hydrogen-bond donors (Lipinski definition) is 1. The van der Waals surface area contributed by atoms with Gasteiger partial charge in [-0.25, -0.2) is 9.37 Å². The van der Waals surface area contributed by atoms with Crippen LogP contribution in [0.1, 0.15) is 0 Å². The predicted molar refractivity (Wildman–Crippen MR) is 93.9 cm³/mol. The zero-order valence-corrected chi connectivity index (χ0v) is 14.3. The fraction of sp³-hybridized carbons (Fsp3) is 0.176. The molecule has 0 unspecified atom stereocenters. The quantitative estimate of drug-likeness (QED) is 0.735. The lowest BCUT2D eigenvalue weighted by atomic mass is 10.2. The average Bonchev–Trinajstić information content (AvgIpc) is 2.56. The minimum absolute atomic E-state index is 0.0235. The summed E-state index contributed by atoms with van der Waals surface area (Å²) >= 11 is 11.8. The van der Waals surface area contributed by atoms with Crippen molar-refractivity contribution >= 4 is 34.1 Å². The van der Waals surface area contributed by atoms with Crippen molar-refractivity contribution in [3.63, 3.8) is 0 Å². The molecule has 1 aromatic heterocycles. The van der Waals surface area contributed by atoms with Crippen LogP contribution in [0.2, 0.25) is 10.0 Å². The molecular weight excluding hydrogens is 370 g/mol. The van der Waals surface area contributed by atoms with Gasteiger partial charge in [0.05, 0.1) is 28.8 Å². The van der Waals surface area contributed by atoms with Gasteiger partial charge in [0.15, 0.2) is 0 Å². The van der Waals surface area contributed by atoms with E-state index in [-0.39, 0.29) is 29.6 Å². The number of ether oxygens (including phenoxy) is 1. The Labute approximate surface area is 152 Å². The third kappa shape index (κ3) is 4.10. The zero-order valence-electron chi connectivity index (χ0n) is 12.8. The van der Waals surface area contributed by atoms with Gasteiger partial charge in [0, 0.05) is 11.1 Å². The van der Waals surface area contributed by atoms with E-state index in [2.05, 4.69) is 4.98 Å². The van der Waals surface area contributed by atoms with Crippen molar-refractivity contribution in [2.45, 2.75) is 12.6 Å². The molecule has 0 aliphatic heterocycles. The molecule has 5 nitrogen and oxygen atoms in total. The molecule has 0 radical (unpaired) electrons. The van der Waals surface area contributed by atoms with Crippen LogP contribution in [-0.2, 0) is 6.54 Å². The van der Waals surface area contributed by atoms with Crippen LogP contribution in [0.3, 0.4) is 0 Å². The second-order valence-electron chi connectivity index (χ2n) is 5.40. The van der Waals surface area contributed by atoms with Crippen molar-refractivity contribution in [3.05, 3.63) is 68.9 Å². The Bertz CT molecular complexity index is 978.